The summed E-state index contributed by atoms with van der Waals surface area (Å²) in [6, 6.07) is 9.84. The Bertz CT molecular complexity index is 517. The van der Waals surface area contributed by atoms with Crippen molar-refractivity contribution in [3.63, 3.8) is 0 Å². The van der Waals surface area contributed by atoms with Crippen molar-refractivity contribution in [2.75, 3.05) is 6.54 Å². The molecule has 0 aromatic heterocycles. The van der Waals surface area contributed by atoms with Gasteiger partial charge in [0.25, 0.3) is 0 Å². The van der Waals surface area contributed by atoms with Gasteiger partial charge in [-0.2, -0.15) is 0 Å². The number of rotatable bonds is 8. The molecule has 2 fully saturated rings. The molecule has 0 aliphatic heterocycles. The minimum Gasteiger partial charge on any atom is -0.389 e. The van der Waals surface area contributed by atoms with E-state index in [4.69, 9.17) is 0 Å². The third-order valence-corrected chi connectivity index (χ3v) is 7.23. The van der Waals surface area contributed by atoms with Gasteiger partial charge >= 0.3 is 0 Å². The van der Waals surface area contributed by atoms with E-state index in [2.05, 4.69) is 5.32 Å². The van der Waals surface area contributed by atoms with Crippen LogP contribution in [0.3, 0.4) is 0 Å². The second-order valence-electron chi connectivity index (χ2n) is 9.01. The number of benzene rings is 1. The van der Waals surface area contributed by atoms with E-state index < -0.39 is 11.7 Å². The first kappa shape index (κ1) is 20.8. The van der Waals surface area contributed by atoms with E-state index in [-0.39, 0.29) is 6.04 Å². The molecule has 27 heavy (non-hydrogen) atoms. The zero-order chi connectivity index (χ0) is 19.1. The topological polar surface area (TPSA) is 52.5 Å². The number of hydrogen-bond donors (Lipinski definition) is 3. The summed E-state index contributed by atoms with van der Waals surface area (Å²) in [5.41, 5.74) is 0.429. The van der Waals surface area contributed by atoms with Gasteiger partial charge in [-0.15, -0.1) is 0 Å². The van der Waals surface area contributed by atoms with Gasteiger partial charge < -0.3 is 15.5 Å². The van der Waals surface area contributed by atoms with E-state index in [0.717, 1.165) is 18.5 Å². The number of nitrogens with one attached hydrogen (secondary N) is 1. The lowest BCUT2D eigenvalue weighted by Crippen LogP contribution is -2.49. The van der Waals surface area contributed by atoms with Crippen LogP contribution >= 0.6 is 0 Å². The Hall–Kier alpha value is -0.900. The van der Waals surface area contributed by atoms with Crippen molar-refractivity contribution in [2.24, 2.45) is 11.8 Å². The molecule has 3 N–H and O–H groups in total. The molecule has 2 unspecified atom stereocenters. The van der Waals surface area contributed by atoms with Crippen molar-refractivity contribution in [1.82, 2.24) is 5.32 Å². The second kappa shape index (κ2) is 10.0. The van der Waals surface area contributed by atoms with Crippen molar-refractivity contribution >= 4 is 0 Å². The first-order chi connectivity index (χ1) is 13.1. The molecule has 2 atom stereocenters. The zero-order valence-corrected chi connectivity index (χ0v) is 17.1. The summed E-state index contributed by atoms with van der Waals surface area (Å²) in [6.45, 7) is 2.81. The van der Waals surface area contributed by atoms with Crippen molar-refractivity contribution in [3.05, 3.63) is 35.9 Å². The van der Waals surface area contributed by atoms with E-state index in [1.165, 1.54) is 64.2 Å². The van der Waals surface area contributed by atoms with Gasteiger partial charge in [-0.05, 0) is 63.0 Å². The van der Waals surface area contributed by atoms with Crippen molar-refractivity contribution in [1.29, 1.82) is 0 Å². The Morgan fingerprint density at radius 1 is 0.926 bits per heavy atom. The van der Waals surface area contributed by atoms with E-state index in [1.54, 1.807) is 0 Å². The molecule has 0 radical (unpaired) electrons. The first-order valence-electron chi connectivity index (χ1n) is 11.3. The van der Waals surface area contributed by atoms with Crippen LogP contribution in [0.4, 0.5) is 0 Å². The summed E-state index contributed by atoms with van der Waals surface area (Å²) in [4.78, 5) is 0. The molecule has 0 spiro atoms. The van der Waals surface area contributed by atoms with Crippen LogP contribution in [0.15, 0.2) is 30.3 Å². The highest BCUT2D eigenvalue weighted by molar-refractivity contribution is 5.18. The quantitative estimate of drug-likeness (QED) is 0.602. The largest absolute Gasteiger partial charge is 0.389 e. The standard InChI is InChI=1S/C24H39NO2/c1-19(23(26)20-11-5-2-6-12-20)25-18-17-24(27,21-13-7-3-8-14-21)22-15-9-4-10-16-22/h2,5-6,11-12,19,21-23,25-27H,3-4,7-10,13-18H2,1H3. The van der Waals surface area contributed by atoms with Crippen molar-refractivity contribution in [2.45, 2.75) is 95.3 Å². The minimum absolute atomic E-state index is 0.0191. The van der Waals surface area contributed by atoms with Crippen LogP contribution in [-0.2, 0) is 0 Å². The summed E-state index contributed by atoms with van der Waals surface area (Å²) in [7, 11) is 0. The highest BCUT2D eigenvalue weighted by Gasteiger charge is 2.43. The van der Waals surface area contributed by atoms with Gasteiger partial charge in [0.05, 0.1) is 11.7 Å². The van der Waals surface area contributed by atoms with Gasteiger partial charge in [-0.1, -0.05) is 68.9 Å². The molecule has 3 nitrogen and oxygen atoms in total. The molecular formula is C24H39NO2. The van der Waals surface area contributed by atoms with Crippen LogP contribution in [-0.4, -0.2) is 28.4 Å². The van der Waals surface area contributed by atoms with E-state index in [1.807, 2.05) is 37.3 Å². The maximum absolute atomic E-state index is 11.8. The third kappa shape index (κ3) is 5.34. The normalized spacial score (nSPS) is 22.5. The molecule has 0 heterocycles. The molecule has 3 heteroatoms. The predicted octanol–water partition coefficient (Wildman–Crippen LogP) is 4.98. The smallest absolute Gasteiger partial charge is 0.0940 e. The van der Waals surface area contributed by atoms with Crippen LogP contribution in [0, 0.1) is 11.8 Å². The Labute approximate surface area is 165 Å². The van der Waals surface area contributed by atoms with Gasteiger partial charge in [-0.25, -0.2) is 0 Å². The van der Waals surface area contributed by atoms with Crippen molar-refractivity contribution in [3.8, 4) is 0 Å². The molecule has 152 valence electrons. The Balaban J connectivity index is 1.58. The molecule has 0 saturated heterocycles. The van der Waals surface area contributed by atoms with Crippen LogP contribution in [0.2, 0.25) is 0 Å². The monoisotopic (exact) mass is 373 g/mol. The lowest BCUT2D eigenvalue weighted by atomic mass is 9.65. The van der Waals surface area contributed by atoms with Crippen LogP contribution in [0.25, 0.3) is 0 Å². The Morgan fingerprint density at radius 2 is 1.44 bits per heavy atom. The van der Waals surface area contributed by atoms with Crippen molar-refractivity contribution < 1.29 is 10.2 Å². The molecule has 3 rings (SSSR count). The average molecular weight is 374 g/mol. The van der Waals surface area contributed by atoms with Gasteiger partial charge in [0.2, 0.25) is 0 Å². The fourth-order valence-corrected chi connectivity index (χ4v) is 5.50. The molecule has 2 saturated carbocycles. The molecule has 1 aromatic carbocycles. The van der Waals surface area contributed by atoms with E-state index >= 15 is 0 Å². The summed E-state index contributed by atoms with van der Waals surface area (Å²) in [5.74, 6) is 0.927. The first-order valence-corrected chi connectivity index (χ1v) is 11.3. The SMILES string of the molecule is CC(NCCC(O)(C1CCCCC1)C1CCCCC1)C(O)c1ccccc1. The molecule has 0 amide bonds. The van der Waals surface area contributed by atoms with Crippen LogP contribution in [0.5, 0.6) is 0 Å². The molecule has 0 bridgehead atoms. The summed E-state index contributed by atoms with van der Waals surface area (Å²) >= 11 is 0. The molecule has 2 aliphatic rings. The minimum atomic E-state index is -0.523. The maximum Gasteiger partial charge on any atom is 0.0940 e. The van der Waals surface area contributed by atoms with Gasteiger partial charge in [0.1, 0.15) is 0 Å². The average Bonchev–Trinajstić information content (AvgIpc) is 2.75. The van der Waals surface area contributed by atoms with Gasteiger partial charge in [-0.3, -0.25) is 0 Å². The number of aliphatic hydroxyl groups excluding tert-OH is 1. The Kier molecular flexibility index (Phi) is 7.75. The molecule has 2 aliphatic carbocycles. The fraction of sp³-hybridized carbons (Fsp3) is 0.750. The predicted molar refractivity (Wildman–Crippen MR) is 112 cm³/mol. The lowest BCUT2D eigenvalue weighted by molar-refractivity contribution is -0.0975. The van der Waals surface area contributed by atoms with Crippen LogP contribution in [0.1, 0.15) is 89.2 Å². The number of aliphatic hydroxyl groups is 2. The van der Waals surface area contributed by atoms with E-state index in [9.17, 15) is 10.2 Å². The fourth-order valence-electron chi connectivity index (χ4n) is 5.50. The highest BCUT2D eigenvalue weighted by Crippen LogP contribution is 2.44. The summed E-state index contributed by atoms with van der Waals surface area (Å²) in [5, 5.41) is 25.9. The zero-order valence-electron chi connectivity index (χ0n) is 17.1. The Morgan fingerprint density at radius 3 is 1.96 bits per heavy atom. The van der Waals surface area contributed by atoms with Crippen LogP contribution < -0.4 is 5.32 Å². The molecule has 1 aromatic rings. The maximum atomic E-state index is 11.8. The van der Waals surface area contributed by atoms with Gasteiger partial charge in [0.15, 0.2) is 0 Å². The van der Waals surface area contributed by atoms with Gasteiger partial charge in [0, 0.05) is 6.04 Å². The second-order valence-corrected chi connectivity index (χ2v) is 9.01. The summed E-state index contributed by atoms with van der Waals surface area (Å²) in [6.07, 6.45) is 12.8. The lowest BCUT2D eigenvalue weighted by Gasteiger charge is -2.46. The van der Waals surface area contributed by atoms with E-state index in [0.29, 0.717) is 11.8 Å². The molecular weight excluding hydrogens is 334 g/mol. The highest BCUT2D eigenvalue weighted by atomic mass is 16.3. The summed E-state index contributed by atoms with van der Waals surface area (Å²) < 4.78 is 0. The third-order valence-electron chi connectivity index (χ3n) is 7.23. The number of hydrogen-bond acceptors (Lipinski definition) is 3.